The molecule has 49 heavy (non-hydrogen) atoms. The third-order valence-corrected chi connectivity index (χ3v) is 9.50. The van der Waals surface area contributed by atoms with Crippen LogP contribution in [0.5, 0.6) is 0 Å². The van der Waals surface area contributed by atoms with Gasteiger partial charge in [-0.25, -0.2) is 4.21 Å². The summed E-state index contributed by atoms with van der Waals surface area (Å²) in [5, 5.41) is 0. The smallest absolute Gasteiger partial charge is 0.303 e. The fourth-order valence-corrected chi connectivity index (χ4v) is 8.04. The normalized spacial score (nSPS) is 30.0. The maximum atomic E-state index is 14.2. The van der Waals surface area contributed by atoms with E-state index < -0.39 is 131 Å². The van der Waals surface area contributed by atoms with Gasteiger partial charge in [0, 0.05) is 55.4 Å². The number of esters is 8. The van der Waals surface area contributed by atoms with Gasteiger partial charge in [-0.05, 0) is 10.8 Å². The van der Waals surface area contributed by atoms with Crippen LogP contribution in [0, 0.1) is 0 Å². The molecule has 21 heteroatoms. The Bertz CT molecular complexity index is 1300. The predicted molar refractivity (Wildman–Crippen MR) is 160 cm³/mol. The number of rotatable bonds is 13. The second-order valence-electron chi connectivity index (χ2n) is 10.5. The zero-order valence-corrected chi connectivity index (χ0v) is 29.4. The van der Waals surface area contributed by atoms with Crippen molar-refractivity contribution >= 4 is 68.4 Å². The molecule has 0 aliphatic carbocycles. The lowest BCUT2D eigenvalue weighted by atomic mass is 9.99. The maximum Gasteiger partial charge on any atom is 0.303 e. The van der Waals surface area contributed by atoms with E-state index in [1.54, 1.807) is 0 Å². The molecular formula is C28H38O19S2. The van der Waals surface area contributed by atoms with Gasteiger partial charge < -0.3 is 47.4 Å². The lowest BCUT2D eigenvalue weighted by Gasteiger charge is -2.45. The van der Waals surface area contributed by atoms with Gasteiger partial charge in [-0.2, -0.15) is 0 Å². The van der Waals surface area contributed by atoms with Crippen LogP contribution in [0.25, 0.3) is 0 Å². The standard InChI is InChI=1S/C28H38O19S2/c1-11(29)38-9-19-21(40-13(3)31)23(42-15(5)33)25(44-17(7)35)27(46-19)48-49(37)28-26(45-18(8)36)24(43-16(6)34)22(41-14(4)32)20(47-28)10-39-12(2)30/h19-28H,9-10H2,1-8H3/t19-,20-,21-,22-,23+,24+,25-,26-,27+,28+,49?/m1/s1. The topological polar surface area (TPSA) is 246 Å². The molecule has 0 N–H and O–H groups in total. The van der Waals surface area contributed by atoms with Crippen molar-refractivity contribution in [3.63, 3.8) is 0 Å². The third-order valence-electron chi connectivity index (χ3n) is 6.28. The van der Waals surface area contributed by atoms with Crippen molar-refractivity contribution in [2.75, 3.05) is 13.2 Å². The summed E-state index contributed by atoms with van der Waals surface area (Å²) in [4.78, 5) is 96.1. The van der Waals surface area contributed by atoms with Gasteiger partial charge in [-0.1, -0.05) is 0 Å². The van der Waals surface area contributed by atoms with Gasteiger partial charge in [0.2, 0.25) is 0 Å². The minimum atomic E-state index is -2.49. The molecule has 0 bridgehead atoms. The molecule has 0 radical (unpaired) electrons. The molecule has 11 atom stereocenters. The zero-order valence-electron chi connectivity index (χ0n) is 27.8. The van der Waals surface area contributed by atoms with Crippen LogP contribution < -0.4 is 0 Å². The number of hydrogen-bond donors (Lipinski definition) is 0. The first-order valence-corrected chi connectivity index (χ1v) is 17.1. The van der Waals surface area contributed by atoms with Gasteiger partial charge in [0.15, 0.2) is 47.5 Å². The average molecular weight is 743 g/mol. The van der Waals surface area contributed by atoms with Crippen molar-refractivity contribution in [1.29, 1.82) is 0 Å². The van der Waals surface area contributed by atoms with E-state index in [9.17, 15) is 42.6 Å². The molecule has 2 saturated heterocycles. The molecule has 0 saturated carbocycles. The largest absolute Gasteiger partial charge is 0.463 e. The van der Waals surface area contributed by atoms with Gasteiger partial charge in [-0.15, -0.1) is 0 Å². The number of carbonyl (C=O) groups is 8. The van der Waals surface area contributed by atoms with Crippen LogP contribution >= 0.6 is 10.8 Å². The summed E-state index contributed by atoms with van der Waals surface area (Å²) >= 11 is 0. The SMILES string of the molecule is CC(=O)OC[C@H]1O[C@@H](S(=O)S[C@@H]2O[C@H](COC(C)=O)[C@@H](OC(C)=O)[C@H](OC(C)=O)[C@H]2OC(C)=O)[C@H](OC(C)=O)[C@@H](OC(C)=O)[C@@H]1OC(C)=O. The number of carbonyl (C=O) groups excluding carboxylic acids is 8. The van der Waals surface area contributed by atoms with Crippen LogP contribution in [0.1, 0.15) is 55.4 Å². The van der Waals surface area contributed by atoms with Gasteiger partial charge in [0.1, 0.15) is 35.3 Å². The lowest BCUT2D eigenvalue weighted by Crippen LogP contribution is -2.64. The summed E-state index contributed by atoms with van der Waals surface area (Å²) in [7, 11) is -2.10. The number of hydrogen-bond acceptors (Lipinski definition) is 20. The number of ether oxygens (including phenoxy) is 10. The molecule has 0 spiro atoms. The quantitative estimate of drug-likeness (QED) is 0.132. The van der Waals surface area contributed by atoms with Crippen LogP contribution in [0.2, 0.25) is 0 Å². The van der Waals surface area contributed by atoms with Crippen molar-refractivity contribution in [2.45, 2.75) is 115 Å². The molecule has 0 aromatic rings. The molecule has 276 valence electrons. The van der Waals surface area contributed by atoms with Crippen molar-refractivity contribution in [1.82, 2.24) is 0 Å². The first kappa shape index (κ1) is 41.4. The predicted octanol–water partition coefficient (Wildman–Crippen LogP) is -0.450. The minimum absolute atomic E-state index is 0.388. The van der Waals surface area contributed by atoms with E-state index in [1.165, 1.54) is 0 Å². The second kappa shape index (κ2) is 18.8. The van der Waals surface area contributed by atoms with Crippen LogP contribution in [-0.4, -0.2) is 125 Å². The van der Waals surface area contributed by atoms with E-state index in [0.29, 0.717) is 10.8 Å². The fraction of sp³-hybridized carbons (Fsp3) is 0.714. The lowest BCUT2D eigenvalue weighted by molar-refractivity contribution is -0.238. The molecule has 1 unspecified atom stereocenters. The van der Waals surface area contributed by atoms with Gasteiger partial charge in [-0.3, -0.25) is 38.4 Å². The van der Waals surface area contributed by atoms with Gasteiger partial charge in [0.05, 0.1) is 0 Å². The van der Waals surface area contributed by atoms with Gasteiger partial charge in [0.25, 0.3) is 0 Å². The van der Waals surface area contributed by atoms with E-state index in [0.717, 1.165) is 55.4 Å². The van der Waals surface area contributed by atoms with E-state index in [4.69, 9.17) is 47.4 Å². The summed E-state index contributed by atoms with van der Waals surface area (Å²) in [5.74, 6) is -7.00. The van der Waals surface area contributed by atoms with Crippen molar-refractivity contribution < 1.29 is 89.9 Å². The molecule has 2 heterocycles. The highest BCUT2D eigenvalue weighted by molar-refractivity contribution is 8.69. The summed E-state index contributed by atoms with van der Waals surface area (Å²) < 4.78 is 68.4. The van der Waals surface area contributed by atoms with E-state index in [2.05, 4.69) is 0 Å². The van der Waals surface area contributed by atoms with E-state index in [-0.39, 0.29) is 0 Å². The molecule has 0 aromatic heterocycles. The highest BCUT2D eigenvalue weighted by Crippen LogP contribution is 2.40. The van der Waals surface area contributed by atoms with Crippen LogP contribution in [0.15, 0.2) is 0 Å². The molecule has 2 aliphatic rings. The Morgan fingerprint density at radius 3 is 1.18 bits per heavy atom. The van der Waals surface area contributed by atoms with Crippen LogP contribution in [-0.2, 0) is 95.6 Å². The highest BCUT2D eigenvalue weighted by Gasteiger charge is 2.57. The Kier molecular flexibility index (Phi) is 15.9. The van der Waals surface area contributed by atoms with Crippen molar-refractivity contribution in [3.05, 3.63) is 0 Å². The fourth-order valence-electron chi connectivity index (χ4n) is 4.76. The summed E-state index contributed by atoms with van der Waals surface area (Å²) in [5.41, 5.74) is -3.31. The van der Waals surface area contributed by atoms with Crippen LogP contribution in [0.3, 0.4) is 0 Å². The molecule has 0 aromatic carbocycles. The summed E-state index contributed by atoms with van der Waals surface area (Å²) in [6, 6.07) is 0. The Labute approximate surface area is 286 Å². The summed E-state index contributed by atoms with van der Waals surface area (Å²) in [6.07, 6.45) is -12.4. The maximum absolute atomic E-state index is 14.2. The van der Waals surface area contributed by atoms with E-state index >= 15 is 0 Å². The molecule has 19 nitrogen and oxygen atoms in total. The Hall–Kier alpha value is -3.82. The molecule has 2 rings (SSSR count). The molecule has 2 fully saturated rings. The first-order chi connectivity index (χ1) is 22.8. The van der Waals surface area contributed by atoms with Gasteiger partial charge >= 0.3 is 47.8 Å². The Balaban J connectivity index is 2.65. The monoisotopic (exact) mass is 742 g/mol. The molecule has 0 amide bonds. The minimum Gasteiger partial charge on any atom is -0.463 e. The van der Waals surface area contributed by atoms with Crippen LogP contribution in [0.4, 0.5) is 0 Å². The first-order valence-electron chi connectivity index (χ1n) is 14.5. The third kappa shape index (κ3) is 12.9. The zero-order chi connectivity index (χ0) is 37.2. The summed E-state index contributed by atoms with van der Waals surface area (Å²) in [6.45, 7) is 7.07. The second-order valence-corrected chi connectivity index (χ2v) is 13.7. The Morgan fingerprint density at radius 1 is 0.469 bits per heavy atom. The van der Waals surface area contributed by atoms with Crippen molar-refractivity contribution in [2.24, 2.45) is 0 Å². The Morgan fingerprint density at radius 2 is 0.796 bits per heavy atom. The molecular weight excluding hydrogens is 704 g/mol. The van der Waals surface area contributed by atoms with Crippen molar-refractivity contribution in [3.8, 4) is 0 Å². The highest BCUT2D eigenvalue weighted by atomic mass is 33.1. The van der Waals surface area contributed by atoms with E-state index in [1.807, 2.05) is 0 Å². The average Bonchev–Trinajstić information content (AvgIpc) is 2.94. The molecule has 2 aliphatic heterocycles.